The summed E-state index contributed by atoms with van der Waals surface area (Å²) >= 11 is 1.56. The smallest absolute Gasteiger partial charge is 0.261 e. The lowest BCUT2D eigenvalue weighted by atomic mass is 9.82. The molecule has 0 aliphatic carbocycles. The molecule has 6 aromatic rings. The molecule has 0 saturated carbocycles. The van der Waals surface area contributed by atoms with Gasteiger partial charge in [0.15, 0.2) is 6.23 Å². The van der Waals surface area contributed by atoms with Gasteiger partial charge in [0, 0.05) is 44.4 Å². The fourth-order valence-corrected chi connectivity index (χ4v) is 8.87. The molecule has 0 radical (unpaired) electrons. The quantitative estimate of drug-likeness (QED) is 0.0581. The van der Waals surface area contributed by atoms with Gasteiger partial charge in [-0.25, -0.2) is 0 Å². The molecule has 5 aromatic carbocycles. The Balaban J connectivity index is 1.11. The highest BCUT2D eigenvalue weighted by atomic mass is 32.1. The van der Waals surface area contributed by atoms with Gasteiger partial charge in [-0.1, -0.05) is 101 Å². The van der Waals surface area contributed by atoms with Crippen LogP contribution in [-0.2, 0) is 6.54 Å². The summed E-state index contributed by atoms with van der Waals surface area (Å²) in [4.78, 5) is 45.5. The predicted octanol–water partition coefficient (Wildman–Crippen LogP) is 9.96. The molecule has 244 valence electrons. The third kappa shape index (κ3) is 4.89. The highest BCUT2D eigenvalue weighted by Gasteiger charge is 2.36. The van der Waals surface area contributed by atoms with Crippen LogP contribution in [0.4, 0.5) is 0 Å². The minimum absolute atomic E-state index is 0.193. The van der Waals surface area contributed by atoms with Crippen molar-refractivity contribution >= 4 is 72.1 Å². The van der Waals surface area contributed by atoms with E-state index in [1.165, 1.54) is 54.7 Å². The molecule has 0 spiro atoms. The maximum atomic E-state index is 13.9. The molecule has 2 aliphatic rings. The second kappa shape index (κ2) is 12.6. The zero-order valence-corrected chi connectivity index (χ0v) is 28.2. The van der Waals surface area contributed by atoms with E-state index in [1.54, 1.807) is 11.3 Å². The number of aliphatic hydroxyl groups excluding tert-OH is 1. The molecule has 7 heteroatoms. The van der Waals surface area contributed by atoms with Gasteiger partial charge in [0.25, 0.3) is 17.7 Å². The Kier molecular flexibility index (Phi) is 8.13. The summed E-state index contributed by atoms with van der Waals surface area (Å²) in [5.41, 5.74) is 2.43. The lowest BCUT2D eigenvalue weighted by Crippen LogP contribution is -2.40. The lowest BCUT2D eigenvalue weighted by molar-refractivity contribution is 0.00134. The Morgan fingerprint density at radius 1 is 0.604 bits per heavy atom. The van der Waals surface area contributed by atoms with Crippen LogP contribution in [0.2, 0.25) is 0 Å². The predicted molar refractivity (Wildman–Crippen MR) is 194 cm³/mol. The molecule has 1 unspecified atom stereocenters. The van der Waals surface area contributed by atoms with Crippen LogP contribution in [0.25, 0.3) is 43.1 Å². The number of aliphatic hydroxyl groups is 1. The third-order valence-corrected chi connectivity index (χ3v) is 11.5. The average Bonchev–Trinajstić information content (AvgIpc) is 3.62. The van der Waals surface area contributed by atoms with Gasteiger partial charge in [-0.3, -0.25) is 19.3 Å². The number of nitrogens with zero attached hydrogens (tertiary/aromatic N) is 2. The summed E-state index contributed by atoms with van der Waals surface area (Å²) in [6, 6.07) is 19.4. The third-order valence-electron chi connectivity index (χ3n) is 10.6. The molecule has 1 atom stereocenters. The Morgan fingerprint density at radius 2 is 1.12 bits per heavy atom. The van der Waals surface area contributed by atoms with Gasteiger partial charge in [-0.05, 0) is 68.4 Å². The monoisotopic (exact) mass is 656 g/mol. The van der Waals surface area contributed by atoms with Gasteiger partial charge in [0.05, 0.1) is 6.54 Å². The Hall–Kier alpha value is -4.33. The van der Waals surface area contributed by atoms with Crippen LogP contribution in [0.5, 0.6) is 0 Å². The van der Waals surface area contributed by atoms with E-state index in [2.05, 4.69) is 6.92 Å². The van der Waals surface area contributed by atoms with Crippen molar-refractivity contribution in [1.82, 2.24) is 9.80 Å². The second-order valence-corrected chi connectivity index (χ2v) is 14.5. The molecule has 2 aliphatic heterocycles. The van der Waals surface area contributed by atoms with E-state index in [-0.39, 0.29) is 17.7 Å². The number of thiophene rings is 1. The molecular weight excluding hydrogens is 617 g/mol. The number of unbranched alkanes of at least 4 members (excludes halogenated alkanes) is 9. The fraction of sp³-hybridized carbons (Fsp3) is 0.341. The van der Waals surface area contributed by atoms with Crippen LogP contribution < -0.4 is 0 Å². The average molecular weight is 657 g/mol. The van der Waals surface area contributed by atoms with Crippen molar-refractivity contribution in [3.8, 4) is 0 Å². The van der Waals surface area contributed by atoms with E-state index < -0.39 is 6.23 Å². The molecule has 1 aromatic heterocycles. The van der Waals surface area contributed by atoms with Crippen molar-refractivity contribution in [2.75, 3.05) is 6.54 Å². The molecule has 0 bridgehead atoms. The van der Waals surface area contributed by atoms with Crippen molar-refractivity contribution in [1.29, 1.82) is 0 Å². The van der Waals surface area contributed by atoms with E-state index in [9.17, 15) is 19.5 Å². The molecule has 8 rings (SSSR count). The Morgan fingerprint density at radius 3 is 1.69 bits per heavy atom. The van der Waals surface area contributed by atoms with Gasteiger partial charge >= 0.3 is 0 Å². The van der Waals surface area contributed by atoms with Crippen molar-refractivity contribution in [2.45, 2.75) is 83.9 Å². The van der Waals surface area contributed by atoms with Crippen LogP contribution >= 0.6 is 11.3 Å². The van der Waals surface area contributed by atoms with Crippen molar-refractivity contribution in [3.63, 3.8) is 0 Å². The first kappa shape index (κ1) is 31.0. The Bertz CT molecular complexity index is 2130. The number of fused-ring (bicyclic) bond motifs is 2. The molecule has 0 fully saturated rings. The van der Waals surface area contributed by atoms with Crippen LogP contribution in [0.3, 0.4) is 0 Å². The summed E-state index contributed by atoms with van der Waals surface area (Å²) in [5, 5.41) is 20.6. The van der Waals surface area contributed by atoms with Crippen LogP contribution in [-0.4, -0.2) is 39.2 Å². The topological polar surface area (TPSA) is 77.9 Å². The summed E-state index contributed by atoms with van der Waals surface area (Å²) in [6.45, 7) is 3.02. The maximum Gasteiger partial charge on any atom is 0.261 e. The van der Waals surface area contributed by atoms with E-state index in [0.717, 1.165) is 67.2 Å². The number of hydrogen-bond acceptors (Lipinski definition) is 5. The van der Waals surface area contributed by atoms with Gasteiger partial charge in [-0.2, -0.15) is 0 Å². The number of carbonyl (C=O) groups excluding carboxylic acids is 3. The van der Waals surface area contributed by atoms with Gasteiger partial charge in [-0.15, -0.1) is 11.3 Å². The maximum absolute atomic E-state index is 13.9. The molecular formula is C41H40N2O4S. The number of carbonyl (C=O) groups is 3. The molecule has 3 heterocycles. The van der Waals surface area contributed by atoms with E-state index >= 15 is 0 Å². The number of rotatable bonds is 13. The minimum atomic E-state index is -1.06. The molecule has 1 N–H and O–H groups in total. The molecule has 3 amide bonds. The molecule has 6 nitrogen and oxygen atoms in total. The summed E-state index contributed by atoms with van der Waals surface area (Å²) in [6.07, 6.45) is 10.9. The largest absolute Gasteiger partial charge is 0.369 e. The first-order chi connectivity index (χ1) is 23.5. The van der Waals surface area contributed by atoms with Crippen LogP contribution in [0.15, 0.2) is 66.0 Å². The summed E-state index contributed by atoms with van der Waals surface area (Å²) < 4.78 is 0. The van der Waals surface area contributed by atoms with Crippen LogP contribution in [0, 0.1) is 0 Å². The highest BCUT2D eigenvalue weighted by Crippen LogP contribution is 2.47. The van der Waals surface area contributed by atoms with Gasteiger partial charge < -0.3 is 10.0 Å². The number of amides is 3. The minimum Gasteiger partial charge on any atom is -0.369 e. The first-order valence-corrected chi connectivity index (χ1v) is 18.4. The normalized spacial score (nSPS) is 16.1. The zero-order valence-electron chi connectivity index (χ0n) is 27.4. The standard InChI is InChI=1S/C41H40N2O4S/c1-2-3-4-5-6-7-8-9-10-11-22-42-38(44)30-18-14-26-28-16-20-32-37-33(41(47)43(40(32)46)24-25-13-12-23-48-25)21-17-29(35(28)37)27-15-19-31(39(42)45)36(30)34(26)27/h12-21,23,40,46H,2-11,22,24H2,1H3. The number of benzene rings is 5. The highest BCUT2D eigenvalue weighted by molar-refractivity contribution is 7.09. The van der Waals surface area contributed by atoms with Crippen molar-refractivity contribution in [2.24, 2.45) is 0 Å². The fourth-order valence-electron chi connectivity index (χ4n) is 8.17. The van der Waals surface area contributed by atoms with E-state index in [1.807, 2.05) is 66.0 Å². The summed E-state index contributed by atoms with van der Waals surface area (Å²) in [5.74, 6) is -0.632. The second-order valence-electron chi connectivity index (χ2n) is 13.5. The first-order valence-electron chi connectivity index (χ1n) is 17.6. The summed E-state index contributed by atoms with van der Waals surface area (Å²) in [7, 11) is 0. The molecule has 0 saturated heterocycles. The SMILES string of the molecule is CCCCCCCCCCCCN1C(=O)c2ccc3c4ccc5c6c(ccc(c7ccc(c2c37)C1=O)c64)C(O)N(Cc1cccs1)C5=O. The van der Waals surface area contributed by atoms with Gasteiger partial charge in [0.1, 0.15) is 0 Å². The lowest BCUT2D eigenvalue weighted by Gasteiger charge is -2.34. The Labute approximate surface area is 284 Å². The zero-order chi connectivity index (χ0) is 32.9. The number of hydrogen-bond donors (Lipinski definition) is 1. The van der Waals surface area contributed by atoms with E-state index in [4.69, 9.17) is 0 Å². The van der Waals surface area contributed by atoms with Crippen LogP contribution in [0.1, 0.15) is 119 Å². The van der Waals surface area contributed by atoms with Crippen molar-refractivity contribution < 1.29 is 19.5 Å². The van der Waals surface area contributed by atoms with Gasteiger partial charge in [0.2, 0.25) is 0 Å². The number of imide groups is 1. The molecule has 48 heavy (non-hydrogen) atoms. The van der Waals surface area contributed by atoms with E-state index in [0.29, 0.717) is 35.3 Å². The van der Waals surface area contributed by atoms with Crippen molar-refractivity contribution in [3.05, 3.63) is 93.2 Å².